The molecule has 1 aromatic heterocycles. The van der Waals surface area contributed by atoms with Crippen molar-refractivity contribution in [2.75, 3.05) is 44.2 Å². The van der Waals surface area contributed by atoms with Crippen molar-refractivity contribution in [3.63, 3.8) is 0 Å². The Balaban J connectivity index is 0.00000241. The van der Waals surface area contributed by atoms with Crippen LogP contribution in [0.1, 0.15) is 27.6 Å². The van der Waals surface area contributed by atoms with Crippen LogP contribution in [0, 0.1) is 20.8 Å². The zero-order chi connectivity index (χ0) is 25.1. The third-order valence-corrected chi connectivity index (χ3v) is 7.27. The van der Waals surface area contributed by atoms with Gasteiger partial charge in [-0.2, -0.15) is 0 Å². The maximum atomic E-state index is 12.9. The minimum Gasteiger partial charge on any atom is -0.390 e. The van der Waals surface area contributed by atoms with Crippen molar-refractivity contribution in [3.05, 3.63) is 75.3 Å². The Hall–Kier alpha value is -2.00. The number of benzene rings is 2. The highest BCUT2D eigenvalue weighted by Gasteiger charge is 2.23. The lowest BCUT2D eigenvalue weighted by atomic mass is 10.2. The molecule has 1 aliphatic heterocycles. The standard InChI is InChI=1S/C26H31Cl2N5O2.2ClH/c1-17-7-4-5-9-22(17)33-18(2)25(30-19(33)3)26(35)29-15-20(34)16-31-11-13-32(14-12-31)23-10-6-8-21(27)24(23)28;;/h4-10,20,34H,11-16H2,1-3H3,(H,29,35);2*1H. The Kier molecular flexibility index (Phi) is 11.6. The number of para-hydroxylation sites is 1. The summed E-state index contributed by atoms with van der Waals surface area (Å²) < 4.78 is 1.99. The van der Waals surface area contributed by atoms with E-state index in [4.69, 9.17) is 23.2 Å². The van der Waals surface area contributed by atoms with E-state index in [-0.39, 0.29) is 37.3 Å². The predicted octanol–water partition coefficient (Wildman–Crippen LogP) is 4.86. The Bertz CT molecular complexity index is 1210. The van der Waals surface area contributed by atoms with Crippen molar-refractivity contribution in [2.45, 2.75) is 26.9 Å². The van der Waals surface area contributed by atoms with Crippen LogP contribution in [-0.2, 0) is 0 Å². The summed E-state index contributed by atoms with van der Waals surface area (Å²) in [6.45, 7) is 9.60. The molecule has 1 fully saturated rings. The van der Waals surface area contributed by atoms with E-state index in [1.165, 1.54) is 0 Å². The van der Waals surface area contributed by atoms with Crippen LogP contribution in [0.25, 0.3) is 5.69 Å². The van der Waals surface area contributed by atoms with Crippen LogP contribution in [-0.4, -0.2) is 70.8 Å². The molecule has 1 atom stereocenters. The molecule has 0 bridgehead atoms. The van der Waals surface area contributed by atoms with Gasteiger partial charge in [-0.05, 0) is 44.5 Å². The second-order valence-electron chi connectivity index (χ2n) is 8.94. The first-order valence-electron chi connectivity index (χ1n) is 11.8. The SMILES string of the molecule is Cc1ccccc1-n1c(C)nc(C(=O)NCC(O)CN2CCN(c3cccc(Cl)c3Cl)CC2)c1C.Cl.Cl. The molecule has 202 valence electrons. The first-order valence-corrected chi connectivity index (χ1v) is 12.5. The Morgan fingerprint density at radius 2 is 1.65 bits per heavy atom. The third kappa shape index (κ3) is 7.11. The number of β-amino-alcohol motifs (C(OH)–C–C–N with tert-alkyl or cyclic N) is 1. The molecule has 37 heavy (non-hydrogen) atoms. The summed E-state index contributed by atoms with van der Waals surface area (Å²) in [6, 6.07) is 13.7. The molecule has 1 unspecified atom stereocenters. The van der Waals surface area contributed by atoms with E-state index in [0.717, 1.165) is 54.6 Å². The lowest BCUT2D eigenvalue weighted by Gasteiger charge is -2.37. The van der Waals surface area contributed by atoms with Gasteiger partial charge in [-0.25, -0.2) is 4.98 Å². The number of aromatic nitrogens is 2. The van der Waals surface area contributed by atoms with E-state index < -0.39 is 6.10 Å². The maximum Gasteiger partial charge on any atom is 0.271 e. The minimum absolute atomic E-state index is 0. The van der Waals surface area contributed by atoms with Gasteiger partial charge in [0, 0.05) is 45.0 Å². The molecule has 0 spiro atoms. The lowest BCUT2D eigenvalue weighted by molar-refractivity contribution is 0.0847. The average molecular weight is 589 g/mol. The fraction of sp³-hybridized carbons (Fsp3) is 0.385. The molecule has 7 nitrogen and oxygen atoms in total. The van der Waals surface area contributed by atoms with Gasteiger partial charge in [0.25, 0.3) is 5.91 Å². The molecular formula is C26H33Cl4N5O2. The minimum atomic E-state index is -0.680. The number of amides is 1. The van der Waals surface area contributed by atoms with Gasteiger partial charge >= 0.3 is 0 Å². The molecule has 0 aliphatic carbocycles. The molecule has 1 amide bonds. The van der Waals surface area contributed by atoms with E-state index in [1.54, 1.807) is 6.07 Å². The summed E-state index contributed by atoms with van der Waals surface area (Å²) in [5.41, 5.74) is 4.20. The molecule has 4 rings (SSSR count). The number of aryl methyl sites for hydroxylation is 2. The van der Waals surface area contributed by atoms with Crippen molar-refractivity contribution in [2.24, 2.45) is 0 Å². The van der Waals surface area contributed by atoms with Crippen LogP contribution in [0.4, 0.5) is 5.69 Å². The molecule has 11 heteroatoms. The van der Waals surface area contributed by atoms with E-state index >= 15 is 0 Å². The monoisotopic (exact) mass is 587 g/mol. The van der Waals surface area contributed by atoms with Gasteiger partial charge in [-0.15, -0.1) is 24.8 Å². The number of imidazole rings is 1. The maximum absolute atomic E-state index is 12.9. The number of piperazine rings is 1. The second-order valence-corrected chi connectivity index (χ2v) is 9.72. The number of anilines is 1. The first kappa shape index (κ1) is 31.2. The zero-order valence-electron chi connectivity index (χ0n) is 21.1. The number of rotatable bonds is 7. The van der Waals surface area contributed by atoms with E-state index in [9.17, 15) is 9.90 Å². The molecule has 3 aromatic rings. The number of nitrogens with zero attached hydrogens (tertiary/aromatic N) is 4. The Labute approximate surface area is 240 Å². The number of carbonyl (C=O) groups excluding carboxylic acids is 1. The Morgan fingerprint density at radius 3 is 2.32 bits per heavy atom. The fourth-order valence-corrected chi connectivity index (χ4v) is 5.01. The lowest BCUT2D eigenvalue weighted by Crippen LogP contribution is -2.50. The normalized spacial score (nSPS) is 14.5. The summed E-state index contributed by atoms with van der Waals surface area (Å²) in [5.74, 6) is 0.470. The average Bonchev–Trinajstić information content (AvgIpc) is 3.14. The van der Waals surface area contributed by atoms with Gasteiger partial charge in [-0.3, -0.25) is 9.69 Å². The van der Waals surface area contributed by atoms with Gasteiger partial charge in [0.15, 0.2) is 0 Å². The molecule has 1 aliphatic rings. The number of aliphatic hydroxyl groups is 1. The van der Waals surface area contributed by atoms with Crippen LogP contribution in [0.3, 0.4) is 0 Å². The second kappa shape index (κ2) is 13.7. The highest BCUT2D eigenvalue weighted by atomic mass is 35.5. The molecular weight excluding hydrogens is 556 g/mol. The molecule has 0 saturated carbocycles. The summed E-state index contributed by atoms with van der Waals surface area (Å²) >= 11 is 12.5. The van der Waals surface area contributed by atoms with Gasteiger partial charge in [0.1, 0.15) is 11.5 Å². The number of hydrogen-bond acceptors (Lipinski definition) is 5. The van der Waals surface area contributed by atoms with Gasteiger partial charge in [-0.1, -0.05) is 47.5 Å². The number of aliphatic hydroxyl groups excluding tert-OH is 1. The van der Waals surface area contributed by atoms with E-state index in [2.05, 4.69) is 20.1 Å². The van der Waals surface area contributed by atoms with Crippen LogP contribution in [0.15, 0.2) is 42.5 Å². The highest BCUT2D eigenvalue weighted by molar-refractivity contribution is 6.43. The fourth-order valence-electron chi connectivity index (χ4n) is 4.59. The largest absolute Gasteiger partial charge is 0.390 e. The van der Waals surface area contributed by atoms with Gasteiger partial charge < -0.3 is 19.9 Å². The van der Waals surface area contributed by atoms with E-state index in [1.807, 2.05) is 61.7 Å². The summed E-state index contributed by atoms with van der Waals surface area (Å²) in [7, 11) is 0. The molecule has 2 aromatic carbocycles. The molecule has 1 saturated heterocycles. The van der Waals surface area contributed by atoms with Crippen molar-refractivity contribution < 1.29 is 9.90 Å². The molecule has 0 radical (unpaired) electrons. The number of hydrogen-bond donors (Lipinski definition) is 2. The first-order chi connectivity index (χ1) is 16.8. The van der Waals surface area contributed by atoms with Gasteiger partial charge in [0.2, 0.25) is 0 Å². The van der Waals surface area contributed by atoms with E-state index in [0.29, 0.717) is 22.3 Å². The van der Waals surface area contributed by atoms with Crippen molar-refractivity contribution in [1.29, 1.82) is 0 Å². The number of carbonyl (C=O) groups is 1. The van der Waals surface area contributed by atoms with Gasteiger partial charge in [0.05, 0.1) is 27.5 Å². The van der Waals surface area contributed by atoms with Crippen molar-refractivity contribution >= 4 is 59.6 Å². The third-order valence-electron chi connectivity index (χ3n) is 6.46. The topological polar surface area (TPSA) is 73.6 Å². The van der Waals surface area contributed by atoms with Crippen LogP contribution in [0.5, 0.6) is 0 Å². The zero-order valence-corrected chi connectivity index (χ0v) is 24.2. The molecule has 2 N–H and O–H groups in total. The van der Waals surface area contributed by atoms with Crippen LogP contribution in [0.2, 0.25) is 10.0 Å². The summed E-state index contributed by atoms with van der Waals surface area (Å²) in [6.07, 6.45) is -0.680. The quantitative estimate of drug-likeness (QED) is 0.412. The smallest absolute Gasteiger partial charge is 0.271 e. The predicted molar refractivity (Wildman–Crippen MR) is 156 cm³/mol. The van der Waals surface area contributed by atoms with Crippen molar-refractivity contribution in [1.82, 2.24) is 19.8 Å². The number of halogens is 4. The number of nitrogens with one attached hydrogen (secondary N) is 1. The van der Waals surface area contributed by atoms with Crippen LogP contribution >= 0.6 is 48.0 Å². The molecule has 2 heterocycles. The summed E-state index contributed by atoms with van der Waals surface area (Å²) in [4.78, 5) is 21.8. The Morgan fingerprint density at radius 1 is 1.00 bits per heavy atom. The summed E-state index contributed by atoms with van der Waals surface area (Å²) in [5, 5.41) is 14.5. The van der Waals surface area contributed by atoms with Crippen LogP contribution < -0.4 is 10.2 Å². The van der Waals surface area contributed by atoms with Crippen molar-refractivity contribution in [3.8, 4) is 5.69 Å². The highest BCUT2D eigenvalue weighted by Crippen LogP contribution is 2.32.